The topological polar surface area (TPSA) is 36.3 Å². The Bertz CT molecular complexity index is 142. The van der Waals surface area contributed by atoms with Crippen molar-refractivity contribution in [3.63, 3.8) is 0 Å². The highest BCUT2D eigenvalue weighted by Gasteiger charge is 2.33. The van der Waals surface area contributed by atoms with Crippen molar-refractivity contribution in [1.82, 2.24) is 4.90 Å². The monoisotopic (exact) mass is 128 g/mol. The summed E-state index contributed by atoms with van der Waals surface area (Å²) >= 11 is 0. The van der Waals surface area contributed by atoms with Crippen LogP contribution in [0.2, 0.25) is 0 Å². The molecule has 0 spiro atoms. The van der Waals surface area contributed by atoms with Crippen LogP contribution in [-0.4, -0.2) is 30.1 Å². The lowest BCUT2D eigenvalue weighted by Crippen LogP contribution is -2.38. The predicted molar refractivity (Wildman–Crippen MR) is 35.5 cm³/mol. The summed E-state index contributed by atoms with van der Waals surface area (Å²) in [5, 5.41) is 7.21. The predicted octanol–water partition coefficient (Wildman–Crippen LogP) is 0.662. The molecule has 3 heteroatoms. The third kappa shape index (κ3) is 0.866. The molecule has 0 amide bonds. The largest absolute Gasteiger partial charge is 0.463 e. The Morgan fingerprint density at radius 2 is 2.22 bits per heavy atom. The minimum Gasteiger partial charge on any atom is -0.463 e. The number of likely N-dealkylation sites (N-methyl/N-ethyl adjacent to an activating group) is 1. The first kappa shape index (κ1) is 6.39. The van der Waals surface area contributed by atoms with Gasteiger partial charge in [-0.05, 0) is 13.8 Å². The molecule has 1 N–H and O–H groups in total. The van der Waals surface area contributed by atoms with E-state index in [2.05, 4.69) is 13.8 Å². The number of hydrogen-bond acceptors (Lipinski definition) is 2. The van der Waals surface area contributed by atoms with Gasteiger partial charge in [-0.3, -0.25) is 5.41 Å². The maximum absolute atomic E-state index is 7.21. The molecule has 0 saturated carbocycles. The van der Waals surface area contributed by atoms with Gasteiger partial charge in [-0.25, -0.2) is 0 Å². The van der Waals surface area contributed by atoms with Gasteiger partial charge in [0.2, 0.25) is 0 Å². The minimum atomic E-state index is 0.0110. The summed E-state index contributed by atoms with van der Waals surface area (Å²) in [7, 11) is 1.87. The van der Waals surface area contributed by atoms with Crippen LogP contribution < -0.4 is 0 Å². The van der Waals surface area contributed by atoms with Crippen LogP contribution in [0.5, 0.6) is 0 Å². The van der Waals surface area contributed by atoms with Crippen LogP contribution in [0, 0.1) is 5.41 Å². The number of hydrogen-bond donors (Lipinski definition) is 1. The molecule has 0 bridgehead atoms. The van der Waals surface area contributed by atoms with Crippen molar-refractivity contribution >= 4 is 6.02 Å². The van der Waals surface area contributed by atoms with Gasteiger partial charge in [-0.2, -0.15) is 0 Å². The first-order valence-electron chi connectivity index (χ1n) is 2.99. The zero-order valence-electron chi connectivity index (χ0n) is 6.06. The fourth-order valence-electron chi connectivity index (χ4n) is 0.714. The fourth-order valence-corrected chi connectivity index (χ4v) is 0.714. The van der Waals surface area contributed by atoms with Gasteiger partial charge >= 0.3 is 0 Å². The molecule has 0 radical (unpaired) electrons. The van der Waals surface area contributed by atoms with E-state index in [0.29, 0.717) is 6.61 Å². The van der Waals surface area contributed by atoms with Gasteiger partial charge in [0, 0.05) is 7.05 Å². The number of amidine groups is 1. The molecule has 0 aliphatic carbocycles. The summed E-state index contributed by atoms with van der Waals surface area (Å²) in [4.78, 5) is 1.83. The Hall–Kier alpha value is -0.730. The molecule has 1 heterocycles. The average molecular weight is 128 g/mol. The van der Waals surface area contributed by atoms with Crippen LogP contribution in [0.1, 0.15) is 13.8 Å². The van der Waals surface area contributed by atoms with Crippen molar-refractivity contribution in [2.24, 2.45) is 0 Å². The molecule has 1 fully saturated rings. The highest BCUT2D eigenvalue weighted by atomic mass is 16.5. The normalized spacial score (nSPS) is 24.3. The molecule has 9 heavy (non-hydrogen) atoms. The summed E-state index contributed by atoms with van der Waals surface area (Å²) in [5.41, 5.74) is 0.0110. The molecule has 1 aliphatic rings. The molecule has 52 valence electrons. The highest BCUT2D eigenvalue weighted by Crippen LogP contribution is 2.19. The molecule has 0 aromatic rings. The van der Waals surface area contributed by atoms with Gasteiger partial charge < -0.3 is 9.64 Å². The standard InChI is InChI=1S/C6H12N2O/c1-6(2)4-9-5(7)8(6)3/h7H,4H2,1-3H3. The molecule has 0 atom stereocenters. The maximum atomic E-state index is 7.21. The van der Waals surface area contributed by atoms with E-state index in [9.17, 15) is 0 Å². The third-order valence-corrected chi connectivity index (χ3v) is 1.77. The van der Waals surface area contributed by atoms with Crippen molar-refractivity contribution in [3.8, 4) is 0 Å². The van der Waals surface area contributed by atoms with Crippen LogP contribution in [0.3, 0.4) is 0 Å². The molecule has 1 aliphatic heterocycles. The molecular formula is C6H12N2O. The molecule has 3 nitrogen and oxygen atoms in total. The minimum absolute atomic E-state index is 0.0110. The van der Waals surface area contributed by atoms with Gasteiger partial charge in [0.05, 0.1) is 5.54 Å². The summed E-state index contributed by atoms with van der Waals surface area (Å²) in [6.07, 6.45) is 0. The first-order chi connectivity index (χ1) is 4.04. The van der Waals surface area contributed by atoms with Crippen molar-refractivity contribution in [2.75, 3.05) is 13.7 Å². The Labute approximate surface area is 55.1 Å². The highest BCUT2D eigenvalue weighted by molar-refractivity contribution is 5.72. The van der Waals surface area contributed by atoms with Crippen LogP contribution in [0.4, 0.5) is 0 Å². The van der Waals surface area contributed by atoms with E-state index in [1.807, 2.05) is 11.9 Å². The fraction of sp³-hybridized carbons (Fsp3) is 0.833. The van der Waals surface area contributed by atoms with Crippen LogP contribution >= 0.6 is 0 Å². The van der Waals surface area contributed by atoms with Gasteiger partial charge in [-0.15, -0.1) is 0 Å². The van der Waals surface area contributed by atoms with E-state index in [4.69, 9.17) is 10.1 Å². The Kier molecular flexibility index (Phi) is 1.15. The molecule has 1 saturated heterocycles. The van der Waals surface area contributed by atoms with Gasteiger partial charge in [0.25, 0.3) is 6.02 Å². The van der Waals surface area contributed by atoms with Crippen molar-refractivity contribution in [3.05, 3.63) is 0 Å². The van der Waals surface area contributed by atoms with Gasteiger partial charge in [0.15, 0.2) is 0 Å². The lowest BCUT2D eigenvalue weighted by Gasteiger charge is -2.23. The smallest absolute Gasteiger partial charge is 0.284 e. The van der Waals surface area contributed by atoms with E-state index >= 15 is 0 Å². The second-order valence-corrected chi connectivity index (χ2v) is 2.97. The lowest BCUT2D eigenvalue weighted by atomic mass is 10.1. The van der Waals surface area contributed by atoms with Gasteiger partial charge in [0.1, 0.15) is 6.61 Å². The average Bonchev–Trinajstić information content (AvgIpc) is 1.97. The second-order valence-electron chi connectivity index (χ2n) is 2.97. The number of ether oxygens (including phenoxy) is 1. The molecular weight excluding hydrogens is 116 g/mol. The molecule has 0 aromatic carbocycles. The summed E-state index contributed by atoms with van der Waals surface area (Å²) in [6.45, 7) is 4.73. The zero-order chi connectivity index (χ0) is 7.07. The maximum Gasteiger partial charge on any atom is 0.284 e. The molecule has 0 aromatic heterocycles. The summed E-state index contributed by atoms with van der Waals surface area (Å²) < 4.78 is 4.99. The van der Waals surface area contributed by atoms with E-state index in [-0.39, 0.29) is 11.6 Å². The first-order valence-corrected chi connectivity index (χ1v) is 2.99. The Balaban J connectivity index is 2.73. The van der Waals surface area contributed by atoms with E-state index in [0.717, 1.165) is 0 Å². The Morgan fingerprint density at radius 3 is 2.33 bits per heavy atom. The Morgan fingerprint density at radius 1 is 1.67 bits per heavy atom. The van der Waals surface area contributed by atoms with Crippen molar-refractivity contribution < 1.29 is 4.74 Å². The van der Waals surface area contributed by atoms with Crippen LogP contribution in [-0.2, 0) is 4.74 Å². The molecule has 1 rings (SSSR count). The van der Waals surface area contributed by atoms with E-state index in [1.54, 1.807) is 0 Å². The third-order valence-electron chi connectivity index (χ3n) is 1.77. The van der Waals surface area contributed by atoms with Crippen LogP contribution in [0.25, 0.3) is 0 Å². The van der Waals surface area contributed by atoms with Gasteiger partial charge in [-0.1, -0.05) is 0 Å². The summed E-state index contributed by atoms with van der Waals surface area (Å²) in [5.74, 6) is 0. The quantitative estimate of drug-likeness (QED) is 0.520. The number of rotatable bonds is 0. The van der Waals surface area contributed by atoms with Crippen molar-refractivity contribution in [1.29, 1.82) is 5.41 Å². The second kappa shape index (κ2) is 1.62. The number of nitrogens with zero attached hydrogens (tertiary/aromatic N) is 1. The lowest BCUT2D eigenvalue weighted by molar-refractivity contribution is 0.246. The van der Waals surface area contributed by atoms with E-state index < -0.39 is 0 Å². The number of nitrogens with one attached hydrogen (secondary N) is 1. The van der Waals surface area contributed by atoms with Crippen molar-refractivity contribution in [2.45, 2.75) is 19.4 Å². The zero-order valence-corrected chi connectivity index (χ0v) is 6.06. The SMILES string of the molecule is CN1C(=N)OCC1(C)C. The van der Waals surface area contributed by atoms with Crippen LogP contribution in [0.15, 0.2) is 0 Å². The summed E-state index contributed by atoms with van der Waals surface area (Å²) in [6, 6.07) is 0.278. The van der Waals surface area contributed by atoms with E-state index in [1.165, 1.54) is 0 Å². The molecule has 0 unspecified atom stereocenters.